The molecule has 0 aliphatic rings. The predicted octanol–water partition coefficient (Wildman–Crippen LogP) is 1.35. The third-order valence-electron chi connectivity index (χ3n) is 1.71. The van der Waals surface area contributed by atoms with Crippen molar-refractivity contribution in [2.75, 3.05) is 13.2 Å². The highest BCUT2D eigenvalue weighted by Crippen LogP contribution is 2.21. The van der Waals surface area contributed by atoms with Crippen LogP contribution in [0.4, 0.5) is 0 Å². The van der Waals surface area contributed by atoms with Gasteiger partial charge < -0.3 is 5.11 Å². The lowest BCUT2D eigenvalue weighted by atomic mass is 9.90. The van der Waals surface area contributed by atoms with Gasteiger partial charge in [-0.3, -0.25) is 0 Å². The first-order chi connectivity index (χ1) is 4.68. The van der Waals surface area contributed by atoms with Gasteiger partial charge in [0.05, 0.1) is 6.61 Å². The molecule has 0 spiro atoms. The van der Waals surface area contributed by atoms with Crippen molar-refractivity contribution in [1.82, 2.24) is 0 Å². The van der Waals surface area contributed by atoms with Crippen molar-refractivity contribution in [3.05, 3.63) is 0 Å². The summed E-state index contributed by atoms with van der Waals surface area (Å²) >= 11 is 0. The molecular formula is C6H14O3P+. The van der Waals surface area contributed by atoms with E-state index in [1.807, 2.05) is 13.8 Å². The summed E-state index contributed by atoms with van der Waals surface area (Å²) < 4.78 is 14.6. The fourth-order valence-electron chi connectivity index (χ4n) is 0.463. The van der Waals surface area contributed by atoms with Gasteiger partial charge in [-0.05, 0) is 11.0 Å². The second-order valence-electron chi connectivity index (χ2n) is 2.69. The van der Waals surface area contributed by atoms with Crippen LogP contribution in [-0.2, 0) is 9.09 Å². The number of hydrogen-bond acceptors (Lipinski definition) is 3. The molecule has 4 heteroatoms. The summed E-state index contributed by atoms with van der Waals surface area (Å²) in [7, 11) is -0.724. The number of aliphatic hydroxyl groups is 1. The van der Waals surface area contributed by atoms with Crippen LogP contribution in [0.3, 0.4) is 0 Å². The van der Waals surface area contributed by atoms with E-state index in [-0.39, 0.29) is 12.0 Å². The zero-order chi connectivity index (χ0) is 8.04. The van der Waals surface area contributed by atoms with Crippen LogP contribution in [0.5, 0.6) is 0 Å². The minimum absolute atomic E-state index is 0.0774. The Kier molecular flexibility index (Phi) is 4.79. The largest absolute Gasteiger partial charge is 0.494 e. The molecule has 0 fully saturated rings. The summed E-state index contributed by atoms with van der Waals surface area (Å²) in [5.74, 6) is 0. The van der Waals surface area contributed by atoms with Crippen LogP contribution >= 0.6 is 8.69 Å². The van der Waals surface area contributed by atoms with Gasteiger partial charge in [0.25, 0.3) is 0 Å². The average molecular weight is 165 g/mol. The second-order valence-corrected chi connectivity index (χ2v) is 3.15. The van der Waals surface area contributed by atoms with Crippen LogP contribution < -0.4 is 0 Å². The summed E-state index contributed by atoms with van der Waals surface area (Å²) in [5, 5.41) is 8.83. The van der Waals surface area contributed by atoms with Gasteiger partial charge in [-0.1, -0.05) is 13.8 Å². The van der Waals surface area contributed by atoms with Gasteiger partial charge in [-0.25, -0.2) is 0 Å². The van der Waals surface area contributed by atoms with E-state index in [0.29, 0.717) is 6.61 Å². The first-order valence-corrected chi connectivity index (χ1v) is 4.10. The fraction of sp³-hybridized carbons (Fsp3) is 1.00. The molecule has 0 aromatic rings. The standard InChI is InChI=1S/C6H14O3P/c1-3-6(2,4-7)5-9-10-8/h7,10H,3-5H2,1-2H3/q+1. The van der Waals surface area contributed by atoms with E-state index in [9.17, 15) is 4.57 Å². The minimum Gasteiger partial charge on any atom is -0.396 e. The molecule has 0 heterocycles. The third-order valence-corrected chi connectivity index (χ3v) is 1.98. The smallest absolute Gasteiger partial charge is 0.396 e. The molecule has 0 saturated heterocycles. The molecule has 0 aromatic heterocycles. The van der Waals surface area contributed by atoms with Crippen molar-refractivity contribution < 1.29 is 14.2 Å². The fourth-order valence-corrected chi connectivity index (χ4v) is 0.871. The maximum absolute atomic E-state index is 9.93. The molecule has 0 radical (unpaired) electrons. The van der Waals surface area contributed by atoms with E-state index in [1.54, 1.807) is 0 Å². The van der Waals surface area contributed by atoms with Crippen LogP contribution in [0.15, 0.2) is 0 Å². The maximum Gasteiger partial charge on any atom is 0.494 e. The van der Waals surface area contributed by atoms with E-state index in [4.69, 9.17) is 9.63 Å². The van der Waals surface area contributed by atoms with Crippen LogP contribution in [0.25, 0.3) is 0 Å². The Hall–Kier alpha value is 0.0200. The molecule has 10 heavy (non-hydrogen) atoms. The molecule has 0 aromatic carbocycles. The van der Waals surface area contributed by atoms with Crippen molar-refractivity contribution >= 4 is 8.69 Å². The number of rotatable bonds is 5. The van der Waals surface area contributed by atoms with Crippen molar-refractivity contribution in [2.45, 2.75) is 20.3 Å². The highest BCUT2D eigenvalue weighted by molar-refractivity contribution is 7.17. The Morgan fingerprint density at radius 1 is 1.70 bits per heavy atom. The van der Waals surface area contributed by atoms with E-state index in [1.165, 1.54) is 0 Å². The van der Waals surface area contributed by atoms with Gasteiger partial charge in [0.15, 0.2) is 0 Å². The number of aliphatic hydroxyl groups excluding tert-OH is 1. The molecule has 60 valence electrons. The summed E-state index contributed by atoms with van der Waals surface area (Å²) in [6.07, 6.45) is 0.827. The second kappa shape index (κ2) is 4.78. The van der Waals surface area contributed by atoms with Gasteiger partial charge >= 0.3 is 8.69 Å². The normalized spacial score (nSPS) is 17.1. The molecule has 2 unspecified atom stereocenters. The summed E-state index contributed by atoms with van der Waals surface area (Å²) in [5.41, 5.74) is -0.225. The first kappa shape index (κ1) is 10.0. The quantitative estimate of drug-likeness (QED) is 0.625. The van der Waals surface area contributed by atoms with E-state index in [2.05, 4.69) is 0 Å². The van der Waals surface area contributed by atoms with Crippen molar-refractivity contribution in [1.29, 1.82) is 0 Å². The monoisotopic (exact) mass is 165 g/mol. The lowest BCUT2D eigenvalue weighted by molar-refractivity contribution is 0.0845. The SMILES string of the molecule is CCC(C)(CO)CO[PH+]=O. The van der Waals surface area contributed by atoms with Gasteiger partial charge in [-0.15, -0.1) is 4.52 Å². The first-order valence-electron chi connectivity index (χ1n) is 3.28. The molecule has 0 saturated carbocycles. The summed E-state index contributed by atoms with van der Waals surface area (Å²) in [6, 6.07) is 0. The predicted molar refractivity (Wildman–Crippen MR) is 40.4 cm³/mol. The van der Waals surface area contributed by atoms with E-state index < -0.39 is 8.69 Å². The Bertz CT molecular complexity index is 101. The van der Waals surface area contributed by atoms with E-state index >= 15 is 0 Å². The zero-order valence-corrected chi connectivity index (χ0v) is 7.39. The van der Waals surface area contributed by atoms with Gasteiger partial charge in [0.2, 0.25) is 0 Å². The van der Waals surface area contributed by atoms with Gasteiger partial charge in [0, 0.05) is 5.41 Å². The van der Waals surface area contributed by atoms with Crippen LogP contribution in [0.2, 0.25) is 0 Å². The lowest BCUT2D eigenvalue weighted by Gasteiger charge is -2.21. The molecule has 3 nitrogen and oxygen atoms in total. The van der Waals surface area contributed by atoms with Gasteiger partial charge in [-0.2, -0.15) is 0 Å². The Labute approximate surface area is 62.7 Å². The molecule has 0 rings (SSSR count). The minimum atomic E-state index is -0.724. The highest BCUT2D eigenvalue weighted by atomic mass is 31.1. The number of hydrogen-bond donors (Lipinski definition) is 1. The molecule has 0 aliphatic carbocycles. The summed E-state index contributed by atoms with van der Waals surface area (Å²) in [6.45, 7) is 4.30. The van der Waals surface area contributed by atoms with Crippen molar-refractivity contribution in [2.24, 2.45) is 5.41 Å². The summed E-state index contributed by atoms with van der Waals surface area (Å²) in [4.78, 5) is 0. The van der Waals surface area contributed by atoms with Crippen LogP contribution in [0, 0.1) is 5.41 Å². The Morgan fingerprint density at radius 3 is 2.60 bits per heavy atom. The average Bonchev–Trinajstić information content (AvgIpc) is 2.00. The maximum atomic E-state index is 9.93. The zero-order valence-electron chi connectivity index (χ0n) is 6.39. The molecule has 0 bridgehead atoms. The highest BCUT2D eigenvalue weighted by Gasteiger charge is 2.22. The molecular weight excluding hydrogens is 151 g/mol. The molecule has 0 aliphatic heterocycles. The van der Waals surface area contributed by atoms with Crippen LogP contribution in [-0.4, -0.2) is 18.3 Å². The molecule has 0 amide bonds. The molecule has 2 atom stereocenters. The Morgan fingerprint density at radius 2 is 2.30 bits per heavy atom. The topological polar surface area (TPSA) is 46.5 Å². The van der Waals surface area contributed by atoms with Gasteiger partial charge in [0.1, 0.15) is 6.61 Å². The Balaban J connectivity index is 3.68. The van der Waals surface area contributed by atoms with Crippen molar-refractivity contribution in [3.63, 3.8) is 0 Å². The third kappa shape index (κ3) is 3.25. The molecule has 1 N–H and O–H groups in total. The van der Waals surface area contributed by atoms with Crippen LogP contribution in [0.1, 0.15) is 20.3 Å². The van der Waals surface area contributed by atoms with Crippen molar-refractivity contribution in [3.8, 4) is 0 Å². The van der Waals surface area contributed by atoms with E-state index in [0.717, 1.165) is 6.42 Å². The lowest BCUT2D eigenvalue weighted by Crippen LogP contribution is -2.25.